The van der Waals surface area contributed by atoms with Crippen LogP contribution in [0.4, 0.5) is 0 Å². The normalized spacial score (nSPS) is 14.0. The van der Waals surface area contributed by atoms with E-state index >= 15 is 0 Å². The van der Waals surface area contributed by atoms with Crippen molar-refractivity contribution in [2.24, 2.45) is 5.73 Å². The maximum absolute atomic E-state index is 12.6. The van der Waals surface area contributed by atoms with Gasteiger partial charge in [-0.25, -0.2) is 4.57 Å². The third-order valence-corrected chi connectivity index (χ3v) is 11.7. The highest BCUT2D eigenvalue weighted by atomic mass is 31.2. The molecule has 0 saturated heterocycles. The van der Waals surface area contributed by atoms with Crippen molar-refractivity contribution >= 4 is 19.8 Å². The van der Waals surface area contributed by atoms with Gasteiger partial charge in [0.25, 0.3) is 0 Å². The number of phosphoric acid groups is 1. The van der Waals surface area contributed by atoms with Crippen molar-refractivity contribution in [3.8, 4) is 0 Å². The van der Waals surface area contributed by atoms with E-state index in [1.165, 1.54) is 70.6 Å². The molecule has 0 aromatic carbocycles. The molecule has 0 saturated carbocycles. The molecule has 10 heteroatoms. The minimum Gasteiger partial charge on any atom is -0.462 e. The number of hydrogen-bond donors (Lipinski definition) is 2. The minimum absolute atomic E-state index is 0.0472. The molecule has 67 heavy (non-hydrogen) atoms. The molecule has 0 heterocycles. The van der Waals surface area contributed by atoms with Crippen molar-refractivity contribution in [1.82, 2.24) is 0 Å². The van der Waals surface area contributed by atoms with Crippen molar-refractivity contribution < 1.29 is 37.6 Å². The lowest BCUT2D eigenvalue weighted by Crippen LogP contribution is -2.29. The molecule has 9 nitrogen and oxygen atoms in total. The van der Waals surface area contributed by atoms with E-state index in [9.17, 15) is 19.0 Å². The van der Waals surface area contributed by atoms with Gasteiger partial charge in [-0.05, 0) is 83.5 Å². The van der Waals surface area contributed by atoms with Gasteiger partial charge in [0, 0.05) is 19.4 Å². The topological polar surface area (TPSA) is 134 Å². The SMILES string of the molecule is CC/C=C\C/C=C\C/C=C\C/C=C\C/C=C\C/C=C\C/C=C\C/C=C\C/C=C\CCCCCCCCCC(=O)OC(COC(=O)CCCCCCCCCCCCC)COP(=O)(O)OCCN. The van der Waals surface area contributed by atoms with Crippen LogP contribution in [0.25, 0.3) is 0 Å². The number of ether oxygens (including phenoxy) is 2. The number of carbonyl (C=O) groups is 2. The average molecular weight is 954 g/mol. The molecular weight excluding hydrogens is 858 g/mol. The van der Waals surface area contributed by atoms with Gasteiger partial charge in [-0.3, -0.25) is 18.6 Å². The van der Waals surface area contributed by atoms with Crippen LogP contribution in [-0.2, 0) is 32.7 Å². The summed E-state index contributed by atoms with van der Waals surface area (Å²) in [5.74, 6) is -0.847. The van der Waals surface area contributed by atoms with Crippen LogP contribution in [0, 0.1) is 0 Å². The fourth-order valence-corrected chi connectivity index (χ4v) is 7.57. The largest absolute Gasteiger partial charge is 0.472 e. The van der Waals surface area contributed by atoms with Crippen molar-refractivity contribution in [1.29, 1.82) is 0 Å². The smallest absolute Gasteiger partial charge is 0.462 e. The van der Waals surface area contributed by atoms with Gasteiger partial charge < -0.3 is 20.1 Å². The van der Waals surface area contributed by atoms with E-state index in [1.54, 1.807) is 0 Å². The lowest BCUT2D eigenvalue weighted by Gasteiger charge is -2.19. The predicted octanol–water partition coefficient (Wildman–Crippen LogP) is 16.3. The number of phosphoric ester groups is 1. The fourth-order valence-electron chi connectivity index (χ4n) is 6.80. The fraction of sp³-hybridized carbons (Fsp3) is 0.649. The maximum atomic E-state index is 12.6. The van der Waals surface area contributed by atoms with E-state index in [-0.39, 0.29) is 38.6 Å². The Hall–Kier alpha value is -3.33. The highest BCUT2D eigenvalue weighted by Crippen LogP contribution is 2.43. The number of hydrogen-bond acceptors (Lipinski definition) is 8. The Morgan fingerprint density at radius 1 is 0.463 bits per heavy atom. The summed E-state index contributed by atoms with van der Waals surface area (Å²) in [5, 5.41) is 0. The zero-order valence-corrected chi connectivity index (χ0v) is 43.2. The Labute approximate surface area is 409 Å². The zero-order chi connectivity index (χ0) is 48.8. The Kier molecular flexibility index (Phi) is 49.5. The second-order valence-electron chi connectivity index (χ2n) is 17.0. The highest BCUT2D eigenvalue weighted by molar-refractivity contribution is 7.47. The first-order valence-corrected chi connectivity index (χ1v) is 27.9. The van der Waals surface area contributed by atoms with Gasteiger partial charge in [0.15, 0.2) is 6.10 Å². The van der Waals surface area contributed by atoms with Gasteiger partial charge >= 0.3 is 19.8 Å². The van der Waals surface area contributed by atoms with Gasteiger partial charge in [0.1, 0.15) is 6.61 Å². The average Bonchev–Trinajstić information content (AvgIpc) is 3.32. The Morgan fingerprint density at radius 3 is 1.22 bits per heavy atom. The molecule has 0 aromatic heterocycles. The second kappa shape index (κ2) is 52.0. The van der Waals surface area contributed by atoms with Crippen LogP contribution < -0.4 is 5.73 Å². The molecular formula is C57H96NO8P. The summed E-state index contributed by atoms with van der Waals surface area (Å²) in [6, 6.07) is 0. The van der Waals surface area contributed by atoms with E-state index in [2.05, 4.69) is 123 Å². The summed E-state index contributed by atoms with van der Waals surface area (Å²) in [6.07, 6.45) is 70.0. The van der Waals surface area contributed by atoms with Crippen LogP contribution in [0.15, 0.2) is 109 Å². The number of unbranched alkanes of at least 4 members (excludes halogenated alkanes) is 17. The monoisotopic (exact) mass is 954 g/mol. The van der Waals surface area contributed by atoms with E-state index in [0.717, 1.165) is 103 Å². The van der Waals surface area contributed by atoms with Gasteiger partial charge in [-0.1, -0.05) is 220 Å². The molecule has 0 aromatic rings. The standard InChI is InChI=1S/C57H96NO8P/c1-3-5-7-9-11-13-15-16-17-18-19-20-21-22-23-24-25-26-27-28-29-30-31-32-33-34-35-36-37-38-40-42-44-46-48-50-57(60)66-55(54-65-67(61,62)64-52-51-58)53-63-56(59)49-47-45-43-41-39-14-12-10-8-6-4-2/h5,7,11,13,16-17,19-20,22-23,25-26,28-29,31-32,34-35,55H,3-4,6,8-10,12,14-15,18,21,24,27,30,33,36-54,58H2,1-2H3,(H,61,62)/b7-5-,13-11-,17-16-,20-19-,23-22-,26-25-,29-28-,32-31-,35-34-. The molecule has 0 fully saturated rings. The third-order valence-electron chi connectivity index (χ3n) is 10.7. The Bertz CT molecular complexity index is 1460. The zero-order valence-electron chi connectivity index (χ0n) is 42.3. The number of esters is 2. The molecule has 2 unspecified atom stereocenters. The first-order chi connectivity index (χ1) is 32.8. The highest BCUT2D eigenvalue weighted by Gasteiger charge is 2.26. The molecule has 0 spiro atoms. The first-order valence-electron chi connectivity index (χ1n) is 26.4. The molecule has 0 bridgehead atoms. The lowest BCUT2D eigenvalue weighted by molar-refractivity contribution is -0.161. The number of nitrogens with two attached hydrogens (primary N) is 1. The number of rotatable bonds is 48. The lowest BCUT2D eigenvalue weighted by atomic mass is 10.1. The summed E-state index contributed by atoms with van der Waals surface area (Å²) < 4.78 is 32.8. The Balaban J connectivity index is 4.02. The van der Waals surface area contributed by atoms with Crippen LogP contribution in [0.5, 0.6) is 0 Å². The second-order valence-corrected chi connectivity index (χ2v) is 18.5. The van der Waals surface area contributed by atoms with Gasteiger partial charge in [-0.2, -0.15) is 0 Å². The Morgan fingerprint density at radius 2 is 0.821 bits per heavy atom. The van der Waals surface area contributed by atoms with Gasteiger partial charge in [-0.15, -0.1) is 0 Å². The van der Waals surface area contributed by atoms with Crippen molar-refractivity contribution in [2.45, 2.75) is 213 Å². The van der Waals surface area contributed by atoms with Crippen LogP contribution in [0.1, 0.15) is 206 Å². The minimum atomic E-state index is -4.39. The number of allylic oxidation sites excluding steroid dienone is 18. The molecule has 3 N–H and O–H groups in total. The van der Waals surface area contributed by atoms with Crippen LogP contribution in [-0.4, -0.2) is 49.3 Å². The van der Waals surface area contributed by atoms with E-state index in [4.69, 9.17) is 24.3 Å². The molecule has 0 aliphatic heterocycles. The quantitative estimate of drug-likeness (QED) is 0.0264. The maximum Gasteiger partial charge on any atom is 0.472 e. The summed E-state index contributed by atoms with van der Waals surface area (Å²) in [5.41, 5.74) is 5.36. The number of carbonyl (C=O) groups excluding carboxylic acids is 2. The third kappa shape index (κ3) is 51.9. The molecule has 0 aliphatic carbocycles. The van der Waals surface area contributed by atoms with Crippen LogP contribution >= 0.6 is 7.82 Å². The molecule has 382 valence electrons. The van der Waals surface area contributed by atoms with E-state index in [0.29, 0.717) is 6.42 Å². The van der Waals surface area contributed by atoms with Crippen molar-refractivity contribution in [3.05, 3.63) is 109 Å². The molecule has 0 radical (unpaired) electrons. The van der Waals surface area contributed by atoms with Crippen molar-refractivity contribution in [3.63, 3.8) is 0 Å². The first kappa shape index (κ1) is 63.7. The molecule has 2 atom stereocenters. The summed E-state index contributed by atoms with van der Waals surface area (Å²) >= 11 is 0. The van der Waals surface area contributed by atoms with Crippen molar-refractivity contribution in [2.75, 3.05) is 26.4 Å². The van der Waals surface area contributed by atoms with Gasteiger partial charge in [0.2, 0.25) is 0 Å². The summed E-state index contributed by atoms with van der Waals surface area (Å²) in [6.45, 7) is 3.59. The summed E-state index contributed by atoms with van der Waals surface area (Å²) in [4.78, 5) is 34.9. The summed E-state index contributed by atoms with van der Waals surface area (Å²) in [7, 11) is -4.39. The predicted molar refractivity (Wildman–Crippen MR) is 284 cm³/mol. The molecule has 0 rings (SSSR count). The van der Waals surface area contributed by atoms with Gasteiger partial charge in [0.05, 0.1) is 13.2 Å². The molecule has 0 aliphatic rings. The van der Waals surface area contributed by atoms with E-state index < -0.39 is 26.5 Å². The van der Waals surface area contributed by atoms with Crippen LogP contribution in [0.3, 0.4) is 0 Å². The van der Waals surface area contributed by atoms with E-state index in [1.807, 2.05) is 0 Å². The molecule has 0 amide bonds. The van der Waals surface area contributed by atoms with Crippen LogP contribution in [0.2, 0.25) is 0 Å².